The second-order valence-electron chi connectivity index (χ2n) is 4.82. The van der Waals surface area contributed by atoms with Gasteiger partial charge in [0.25, 0.3) is 0 Å². The Morgan fingerprint density at radius 1 is 1.50 bits per heavy atom. The van der Waals surface area contributed by atoms with E-state index in [9.17, 15) is 9.18 Å². The Labute approximate surface area is 107 Å². The van der Waals surface area contributed by atoms with Gasteiger partial charge in [-0.3, -0.25) is 4.79 Å². The molecule has 98 valence electrons. The van der Waals surface area contributed by atoms with Gasteiger partial charge in [0.2, 0.25) is 5.91 Å². The van der Waals surface area contributed by atoms with Crippen LogP contribution in [-0.2, 0) is 17.8 Å². The SMILES string of the molecule is CCCC(N)C(=O)N1CCc2cc(F)ccc2C1. The minimum atomic E-state index is -0.406. The zero-order chi connectivity index (χ0) is 13.1. The van der Waals surface area contributed by atoms with Gasteiger partial charge in [0, 0.05) is 13.1 Å². The summed E-state index contributed by atoms with van der Waals surface area (Å²) < 4.78 is 13.1. The molecule has 1 aliphatic rings. The van der Waals surface area contributed by atoms with Crippen molar-refractivity contribution in [3.63, 3.8) is 0 Å². The Balaban J connectivity index is 2.07. The van der Waals surface area contributed by atoms with E-state index in [0.29, 0.717) is 25.9 Å². The topological polar surface area (TPSA) is 46.3 Å². The smallest absolute Gasteiger partial charge is 0.239 e. The van der Waals surface area contributed by atoms with Crippen LogP contribution in [0, 0.1) is 5.82 Å². The fourth-order valence-electron chi connectivity index (χ4n) is 2.38. The largest absolute Gasteiger partial charge is 0.337 e. The molecule has 1 aromatic rings. The number of fused-ring (bicyclic) bond motifs is 1. The molecule has 1 unspecified atom stereocenters. The first-order chi connectivity index (χ1) is 8.61. The minimum absolute atomic E-state index is 0.00632. The Kier molecular flexibility index (Phi) is 3.97. The van der Waals surface area contributed by atoms with Crippen LogP contribution < -0.4 is 5.73 Å². The molecule has 4 heteroatoms. The predicted octanol–water partition coefficient (Wildman–Crippen LogP) is 1.84. The van der Waals surface area contributed by atoms with Gasteiger partial charge in [0.15, 0.2) is 0 Å². The van der Waals surface area contributed by atoms with Crippen LogP contribution in [0.3, 0.4) is 0 Å². The quantitative estimate of drug-likeness (QED) is 0.889. The molecule has 0 saturated carbocycles. The highest BCUT2D eigenvalue weighted by Gasteiger charge is 2.24. The van der Waals surface area contributed by atoms with Gasteiger partial charge in [-0.05, 0) is 36.1 Å². The number of benzene rings is 1. The fraction of sp³-hybridized carbons (Fsp3) is 0.500. The number of carbonyl (C=O) groups is 1. The van der Waals surface area contributed by atoms with Crippen LogP contribution in [-0.4, -0.2) is 23.4 Å². The maximum Gasteiger partial charge on any atom is 0.239 e. The second-order valence-corrected chi connectivity index (χ2v) is 4.82. The number of nitrogens with zero attached hydrogens (tertiary/aromatic N) is 1. The number of halogens is 1. The van der Waals surface area contributed by atoms with Gasteiger partial charge in [-0.2, -0.15) is 0 Å². The lowest BCUT2D eigenvalue weighted by Crippen LogP contribution is -2.45. The third-order valence-electron chi connectivity index (χ3n) is 3.41. The molecule has 0 radical (unpaired) electrons. The molecule has 0 aromatic heterocycles. The van der Waals surface area contributed by atoms with Gasteiger partial charge in [0.1, 0.15) is 5.82 Å². The third kappa shape index (κ3) is 2.70. The number of hydrogen-bond donors (Lipinski definition) is 1. The molecule has 0 spiro atoms. The van der Waals surface area contributed by atoms with E-state index < -0.39 is 6.04 Å². The lowest BCUT2D eigenvalue weighted by atomic mass is 9.98. The molecule has 0 saturated heterocycles. The van der Waals surface area contributed by atoms with Crippen LogP contribution in [0.1, 0.15) is 30.9 Å². The summed E-state index contributed by atoms with van der Waals surface area (Å²) in [6.07, 6.45) is 2.33. The van der Waals surface area contributed by atoms with Gasteiger partial charge in [-0.1, -0.05) is 19.4 Å². The molecular weight excluding hydrogens is 231 g/mol. The molecule has 0 bridgehead atoms. The Hall–Kier alpha value is -1.42. The van der Waals surface area contributed by atoms with E-state index >= 15 is 0 Å². The summed E-state index contributed by atoms with van der Waals surface area (Å²) in [5.74, 6) is -0.206. The van der Waals surface area contributed by atoms with E-state index in [0.717, 1.165) is 17.5 Å². The van der Waals surface area contributed by atoms with Crippen LogP contribution >= 0.6 is 0 Å². The first-order valence-electron chi connectivity index (χ1n) is 6.43. The molecule has 1 aliphatic heterocycles. The van der Waals surface area contributed by atoms with E-state index in [2.05, 4.69) is 0 Å². The number of rotatable bonds is 3. The van der Waals surface area contributed by atoms with Gasteiger partial charge in [-0.15, -0.1) is 0 Å². The summed E-state index contributed by atoms with van der Waals surface area (Å²) in [6, 6.07) is 4.36. The molecule has 2 N–H and O–H groups in total. The predicted molar refractivity (Wildman–Crippen MR) is 68.4 cm³/mol. The first kappa shape index (κ1) is 13.0. The van der Waals surface area contributed by atoms with E-state index in [1.807, 2.05) is 6.92 Å². The number of nitrogens with two attached hydrogens (primary N) is 1. The van der Waals surface area contributed by atoms with Gasteiger partial charge in [0.05, 0.1) is 6.04 Å². The monoisotopic (exact) mass is 250 g/mol. The summed E-state index contributed by atoms with van der Waals surface area (Å²) in [7, 11) is 0. The van der Waals surface area contributed by atoms with Crippen molar-refractivity contribution in [2.45, 2.75) is 38.8 Å². The van der Waals surface area contributed by atoms with Gasteiger partial charge in [-0.25, -0.2) is 4.39 Å². The molecule has 2 rings (SSSR count). The lowest BCUT2D eigenvalue weighted by molar-refractivity contribution is -0.133. The van der Waals surface area contributed by atoms with Crippen molar-refractivity contribution in [3.05, 3.63) is 35.1 Å². The van der Waals surface area contributed by atoms with Crippen molar-refractivity contribution in [3.8, 4) is 0 Å². The summed E-state index contributed by atoms with van der Waals surface area (Å²) >= 11 is 0. The van der Waals surface area contributed by atoms with Crippen LogP contribution in [0.4, 0.5) is 4.39 Å². The third-order valence-corrected chi connectivity index (χ3v) is 3.41. The molecule has 1 aromatic carbocycles. The number of carbonyl (C=O) groups excluding carboxylic acids is 1. The average Bonchev–Trinajstić information content (AvgIpc) is 2.37. The molecular formula is C14H19FN2O. The van der Waals surface area contributed by atoms with E-state index in [4.69, 9.17) is 5.73 Å². The highest BCUT2D eigenvalue weighted by atomic mass is 19.1. The second kappa shape index (κ2) is 5.48. The summed E-state index contributed by atoms with van der Waals surface area (Å²) in [6.45, 7) is 3.19. The van der Waals surface area contributed by atoms with E-state index in [1.165, 1.54) is 6.07 Å². The summed E-state index contributed by atoms with van der Waals surface area (Å²) in [5, 5.41) is 0. The fourth-order valence-corrected chi connectivity index (χ4v) is 2.38. The molecule has 0 fully saturated rings. The van der Waals surface area contributed by atoms with Gasteiger partial charge >= 0.3 is 0 Å². The summed E-state index contributed by atoms with van der Waals surface area (Å²) in [4.78, 5) is 13.9. The molecule has 1 atom stereocenters. The Morgan fingerprint density at radius 2 is 2.28 bits per heavy atom. The first-order valence-corrected chi connectivity index (χ1v) is 6.43. The van der Waals surface area contributed by atoms with Crippen molar-refractivity contribution < 1.29 is 9.18 Å². The molecule has 1 heterocycles. The molecule has 0 aliphatic carbocycles. The van der Waals surface area contributed by atoms with Crippen LogP contribution in [0.25, 0.3) is 0 Å². The van der Waals surface area contributed by atoms with E-state index in [-0.39, 0.29) is 11.7 Å². The average molecular weight is 250 g/mol. The number of amides is 1. The highest BCUT2D eigenvalue weighted by molar-refractivity contribution is 5.81. The minimum Gasteiger partial charge on any atom is -0.337 e. The van der Waals surface area contributed by atoms with Crippen molar-refractivity contribution in [1.82, 2.24) is 4.90 Å². The maximum absolute atomic E-state index is 13.1. The van der Waals surface area contributed by atoms with E-state index in [1.54, 1.807) is 17.0 Å². The van der Waals surface area contributed by atoms with Crippen LogP contribution in [0.15, 0.2) is 18.2 Å². The molecule has 3 nitrogen and oxygen atoms in total. The van der Waals surface area contributed by atoms with Crippen molar-refractivity contribution in [2.75, 3.05) is 6.54 Å². The maximum atomic E-state index is 13.1. The Morgan fingerprint density at radius 3 is 3.00 bits per heavy atom. The zero-order valence-electron chi connectivity index (χ0n) is 10.7. The highest BCUT2D eigenvalue weighted by Crippen LogP contribution is 2.20. The normalized spacial score (nSPS) is 16.3. The van der Waals surface area contributed by atoms with Crippen LogP contribution in [0.2, 0.25) is 0 Å². The van der Waals surface area contributed by atoms with Crippen molar-refractivity contribution in [2.24, 2.45) is 5.73 Å². The lowest BCUT2D eigenvalue weighted by Gasteiger charge is -2.30. The standard InChI is InChI=1S/C14H19FN2O/c1-2-3-13(16)14(18)17-7-6-10-8-12(15)5-4-11(10)9-17/h4-5,8,13H,2-3,6-7,9,16H2,1H3. The van der Waals surface area contributed by atoms with Crippen molar-refractivity contribution in [1.29, 1.82) is 0 Å². The zero-order valence-corrected chi connectivity index (χ0v) is 10.7. The molecule has 1 amide bonds. The summed E-state index contributed by atoms with van der Waals surface area (Å²) in [5.41, 5.74) is 7.88. The van der Waals surface area contributed by atoms with Crippen molar-refractivity contribution >= 4 is 5.91 Å². The Bertz CT molecular complexity index is 447. The molecule has 18 heavy (non-hydrogen) atoms. The van der Waals surface area contributed by atoms with Crippen LogP contribution in [0.5, 0.6) is 0 Å². The van der Waals surface area contributed by atoms with Gasteiger partial charge < -0.3 is 10.6 Å². The number of hydrogen-bond acceptors (Lipinski definition) is 2.